The molecule has 0 spiro atoms. The van der Waals surface area contributed by atoms with Crippen molar-refractivity contribution in [2.75, 3.05) is 0 Å². The minimum absolute atomic E-state index is 0.0945. The van der Waals surface area contributed by atoms with Gasteiger partial charge in [0.15, 0.2) is 0 Å². The highest BCUT2D eigenvalue weighted by molar-refractivity contribution is 5.91. The summed E-state index contributed by atoms with van der Waals surface area (Å²) in [4.78, 5) is 21.4. The molecule has 0 fully saturated rings. The smallest absolute Gasteiger partial charge is 0.335 e. The summed E-state index contributed by atoms with van der Waals surface area (Å²) in [6.45, 7) is 0.212. The van der Waals surface area contributed by atoms with Gasteiger partial charge in [0.2, 0.25) is 0 Å². The number of nitro benzene ring substituents is 1. The Kier molecular flexibility index (Phi) is 6.20. The molecule has 0 amide bonds. The highest BCUT2D eigenvalue weighted by Gasteiger charge is 2.10. The molecule has 3 rings (SSSR count). The quantitative estimate of drug-likeness (QED) is 0.260. The summed E-state index contributed by atoms with van der Waals surface area (Å²) in [7, 11) is 0. The zero-order valence-electron chi connectivity index (χ0n) is 15.7. The summed E-state index contributed by atoms with van der Waals surface area (Å²) in [5.41, 5.74) is 2.23. The van der Waals surface area contributed by atoms with Crippen molar-refractivity contribution in [3.8, 4) is 11.8 Å². The van der Waals surface area contributed by atoms with E-state index in [1.165, 1.54) is 30.3 Å². The summed E-state index contributed by atoms with van der Waals surface area (Å²) >= 11 is 0. The van der Waals surface area contributed by atoms with E-state index in [0.717, 1.165) is 5.56 Å². The van der Waals surface area contributed by atoms with E-state index in [2.05, 4.69) is 6.07 Å². The number of para-hydroxylation sites is 1. The van der Waals surface area contributed by atoms with E-state index in [1.807, 2.05) is 0 Å². The molecule has 1 N–H and O–H groups in total. The molecule has 0 aliphatic carbocycles. The van der Waals surface area contributed by atoms with Crippen LogP contribution >= 0.6 is 0 Å². The Morgan fingerprint density at radius 1 is 1.07 bits per heavy atom. The molecule has 7 heteroatoms. The van der Waals surface area contributed by atoms with Gasteiger partial charge in [-0.15, -0.1) is 0 Å². The standard InChI is InChI=1S/C23H16N2O5/c24-14-20(18-5-3-6-21(13-18)25(28)29)12-19-4-1-2-7-22(19)30-15-16-8-10-17(11-9-16)23(26)27/h1-13H,15H2,(H,26,27)/b20-12-. The molecular weight excluding hydrogens is 384 g/mol. The number of carboxylic acid groups (broad SMARTS) is 1. The zero-order chi connectivity index (χ0) is 21.5. The number of nitrogens with zero attached hydrogens (tertiary/aromatic N) is 2. The van der Waals surface area contributed by atoms with Crippen LogP contribution in [-0.2, 0) is 6.61 Å². The number of hydrogen-bond acceptors (Lipinski definition) is 5. The molecular formula is C23H16N2O5. The summed E-state index contributed by atoms with van der Waals surface area (Å²) in [5, 5.41) is 29.5. The highest BCUT2D eigenvalue weighted by atomic mass is 16.6. The Hall–Kier alpha value is -4.44. The SMILES string of the molecule is N#C/C(=C/c1ccccc1OCc1ccc(C(=O)O)cc1)c1cccc([N+](=O)[O-])c1. The molecule has 0 saturated carbocycles. The van der Waals surface area contributed by atoms with E-state index in [1.54, 1.807) is 48.5 Å². The van der Waals surface area contributed by atoms with E-state index >= 15 is 0 Å². The van der Waals surface area contributed by atoms with Gasteiger partial charge < -0.3 is 9.84 Å². The lowest BCUT2D eigenvalue weighted by Crippen LogP contribution is -1.99. The predicted octanol–water partition coefficient (Wildman–Crippen LogP) is 4.94. The van der Waals surface area contributed by atoms with Crippen LogP contribution in [0.3, 0.4) is 0 Å². The van der Waals surface area contributed by atoms with E-state index in [4.69, 9.17) is 9.84 Å². The number of benzene rings is 3. The largest absolute Gasteiger partial charge is 0.488 e. The monoisotopic (exact) mass is 400 g/mol. The van der Waals surface area contributed by atoms with Gasteiger partial charge in [-0.25, -0.2) is 4.79 Å². The molecule has 30 heavy (non-hydrogen) atoms. The summed E-state index contributed by atoms with van der Waals surface area (Å²) < 4.78 is 5.86. The second-order valence-electron chi connectivity index (χ2n) is 6.31. The third kappa shape index (κ3) is 4.88. The van der Waals surface area contributed by atoms with E-state index in [0.29, 0.717) is 16.9 Å². The maximum Gasteiger partial charge on any atom is 0.335 e. The third-order valence-corrected chi connectivity index (χ3v) is 4.30. The first-order valence-corrected chi connectivity index (χ1v) is 8.88. The topological polar surface area (TPSA) is 113 Å². The van der Waals surface area contributed by atoms with Crippen LogP contribution in [0.25, 0.3) is 11.6 Å². The molecule has 7 nitrogen and oxygen atoms in total. The number of ether oxygens (including phenoxy) is 1. The zero-order valence-corrected chi connectivity index (χ0v) is 15.7. The van der Waals surface area contributed by atoms with Gasteiger partial charge in [0, 0.05) is 17.7 Å². The molecule has 0 aromatic heterocycles. The number of nitriles is 1. The first-order valence-electron chi connectivity index (χ1n) is 8.88. The van der Waals surface area contributed by atoms with Gasteiger partial charge in [-0.2, -0.15) is 5.26 Å². The van der Waals surface area contributed by atoms with Crippen molar-refractivity contribution >= 4 is 23.3 Å². The van der Waals surface area contributed by atoms with Crippen molar-refractivity contribution in [2.45, 2.75) is 6.61 Å². The fraction of sp³-hybridized carbons (Fsp3) is 0.0435. The maximum atomic E-state index is 11.0. The average Bonchev–Trinajstić information content (AvgIpc) is 2.77. The van der Waals surface area contributed by atoms with Crippen molar-refractivity contribution in [3.63, 3.8) is 0 Å². The van der Waals surface area contributed by atoms with E-state index in [9.17, 15) is 20.2 Å². The Labute approximate surface area is 172 Å². The van der Waals surface area contributed by atoms with E-state index < -0.39 is 10.9 Å². The van der Waals surface area contributed by atoms with Gasteiger partial charge in [-0.05, 0) is 35.4 Å². The molecule has 0 radical (unpaired) electrons. The lowest BCUT2D eigenvalue weighted by molar-refractivity contribution is -0.384. The van der Waals surface area contributed by atoms with Crippen molar-refractivity contribution in [1.82, 2.24) is 0 Å². The minimum atomic E-state index is -0.997. The average molecular weight is 400 g/mol. The lowest BCUT2D eigenvalue weighted by Gasteiger charge is -2.10. The van der Waals surface area contributed by atoms with Crippen LogP contribution in [0.15, 0.2) is 72.8 Å². The van der Waals surface area contributed by atoms with Crippen LogP contribution in [0.4, 0.5) is 5.69 Å². The first kappa shape index (κ1) is 20.3. The molecule has 3 aromatic carbocycles. The molecule has 3 aromatic rings. The number of carbonyl (C=O) groups is 1. The van der Waals surface area contributed by atoms with Crippen LogP contribution in [0.1, 0.15) is 27.0 Å². The van der Waals surface area contributed by atoms with Crippen molar-refractivity contribution in [2.24, 2.45) is 0 Å². The number of hydrogen-bond donors (Lipinski definition) is 1. The first-order chi connectivity index (χ1) is 14.5. The summed E-state index contributed by atoms with van der Waals surface area (Å²) in [6.07, 6.45) is 1.61. The van der Waals surface area contributed by atoms with E-state index in [-0.39, 0.29) is 23.4 Å². The molecule has 0 saturated heterocycles. The number of rotatable bonds is 7. The van der Waals surface area contributed by atoms with Gasteiger partial charge in [-0.1, -0.05) is 42.5 Å². The predicted molar refractivity (Wildman–Crippen MR) is 111 cm³/mol. The van der Waals surface area contributed by atoms with Crippen molar-refractivity contribution in [3.05, 3.63) is 105 Å². The third-order valence-electron chi connectivity index (χ3n) is 4.30. The number of aromatic carboxylic acids is 1. The minimum Gasteiger partial charge on any atom is -0.488 e. The molecule has 0 aliphatic heterocycles. The number of carboxylic acids is 1. The molecule has 0 heterocycles. The normalized spacial score (nSPS) is 10.8. The Morgan fingerprint density at radius 3 is 2.47 bits per heavy atom. The molecule has 0 unspecified atom stereocenters. The Morgan fingerprint density at radius 2 is 1.80 bits per heavy atom. The highest BCUT2D eigenvalue weighted by Crippen LogP contribution is 2.27. The molecule has 0 atom stereocenters. The van der Waals surface area contributed by atoms with Gasteiger partial charge in [0.05, 0.1) is 22.1 Å². The second-order valence-corrected chi connectivity index (χ2v) is 6.31. The number of non-ortho nitro benzene ring substituents is 1. The van der Waals surface area contributed by atoms with Gasteiger partial charge in [-0.3, -0.25) is 10.1 Å². The van der Waals surface area contributed by atoms with Crippen LogP contribution in [0.2, 0.25) is 0 Å². The lowest BCUT2D eigenvalue weighted by atomic mass is 10.0. The van der Waals surface area contributed by atoms with Crippen LogP contribution < -0.4 is 4.74 Å². The Bertz CT molecular complexity index is 1160. The number of allylic oxidation sites excluding steroid dienone is 1. The fourth-order valence-corrected chi connectivity index (χ4v) is 2.76. The molecule has 0 aliphatic rings. The van der Waals surface area contributed by atoms with Crippen LogP contribution in [0.5, 0.6) is 5.75 Å². The summed E-state index contributed by atoms with van der Waals surface area (Å²) in [6, 6.07) is 21.4. The van der Waals surface area contributed by atoms with Crippen molar-refractivity contribution in [1.29, 1.82) is 5.26 Å². The van der Waals surface area contributed by atoms with Gasteiger partial charge in [0.25, 0.3) is 5.69 Å². The maximum absolute atomic E-state index is 11.0. The van der Waals surface area contributed by atoms with Crippen LogP contribution in [0, 0.1) is 21.4 Å². The van der Waals surface area contributed by atoms with Gasteiger partial charge in [0.1, 0.15) is 12.4 Å². The molecule has 148 valence electrons. The molecule has 0 bridgehead atoms. The Balaban J connectivity index is 1.85. The second kappa shape index (κ2) is 9.17. The van der Waals surface area contributed by atoms with Crippen molar-refractivity contribution < 1.29 is 19.6 Å². The van der Waals surface area contributed by atoms with Crippen LogP contribution in [-0.4, -0.2) is 16.0 Å². The van der Waals surface area contributed by atoms with Gasteiger partial charge >= 0.3 is 5.97 Å². The summed E-state index contributed by atoms with van der Waals surface area (Å²) in [5.74, 6) is -0.471. The fourth-order valence-electron chi connectivity index (χ4n) is 2.76. The number of nitro groups is 1.